The minimum atomic E-state index is -0.343. The zero-order chi connectivity index (χ0) is 21.7. The van der Waals surface area contributed by atoms with E-state index in [-0.39, 0.29) is 37.6 Å². The smallest absolute Gasteiger partial charge is 0.259 e. The molecule has 0 fully saturated rings. The number of anilines is 2. The molecule has 1 aromatic carbocycles. The molecule has 0 spiro atoms. The molecule has 9 heteroatoms. The summed E-state index contributed by atoms with van der Waals surface area (Å²) in [7, 11) is 1.58. The summed E-state index contributed by atoms with van der Waals surface area (Å²) in [5, 5.41) is 12.2. The van der Waals surface area contributed by atoms with Crippen LogP contribution >= 0.6 is 0 Å². The standard InChI is InChI=1S/C21H27N5O4/c1-14(2)23-21-22-8-6-18(24-21)26(13-19(28)25(3)9-10-27)20(29)16-4-5-17-15(12-16)7-11-30-17/h4-6,8,12,14,27H,7,9-11,13H2,1-3H3,(H,22,23,24). The summed E-state index contributed by atoms with van der Waals surface area (Å²) >= 11 is 0. The van der Waals surface area contributed by atoms with Crippen LogP contribution in [0, 0.1) is 0 Å². The quantitative estimate of drug-likeness (QED) is 0.672. The van der Waals surface area contributed by atoms with Gasteiger partial charge in [0.25, 0.3) is 5.91 Å². The Hall–Kier alpha value is -3.20. The Labute approximate surface area is 175 Å². The fourth-order valence-corrected chi connectivity index (χ4v) is 3.09. The number of aliphatic hydroxyl groups is 1. The number of benzene rings is 1. The second kappa shape index (κ2) is 9.53. The van der Waals surface area contributed by atoms with Gasteiger partial charge in [-0.3, -0.25) is 14.5 Å². The molecule has 1 aliphatic heterocycles. The predicted molar refractivity (Wildman–Crippen MR) is 113 cm³/mol. The lowest BCUT2D eigenvalue weighted by Gasteiger charge is -2.25. The van der Waals surface area contributed by atoms with E-state index >= 15 is 0 Å². The number of nitrogens with one attached hydrogen (secondary N) is 1. The molecule has 30 heavy (non-hydrogen) atoms. The highest BCUT2D eigenvalue weighted by atomic mass is 16.5. The minimum absolute atomic E-state index is 0.110. The average molecular weight is 413 g/mol. The van der Waals surface area contributed by atoms with E-state index in [1.165, 1.54) is 9.80 Å². The van der Waals surface area contributed by atoms with Crippen LogP contribution in [0.4, 0.5) is 11.8 Å². The van der Waals surface area contributed by atoms with E-state index in [1.807, 2.05) is 13.8 Å². The Balaban J connectivity index is 1.93. The van der Waals surface area contributed by atoms with Gasteiger partial charge in [0.05, 0.1) is 13.2 Å². The maximum absolute atomic E-state index is 13.4. The Kier molecular flexibility index (Phi) is 6.83. The van der Waals surface area contributed by atoms with Crippen molar-refractivity contribution in [2.24, 2.45) is 0 Å². The summed E-state index contributed by atoms with van der Waals surface area (Å²) in [6, 6.07) is 6.97. The molecule has 1 aliphatic rings. The maximum Gasteiger partial charge on any atom is 0.259 e. The SMILES string of the molecule is CC(C)Nc1nccc(N(CC(=O)N(C)CCO)C(=O)c2ccc3c(c2)CCO3)n1. The largest absolute Gasteiger partial charge is 0.493 e. The molecule has 0 atom stereocenters. The summed E-state index contributed by atoms with van der Waals surface area (Å²) in [6.07, 6.45) is 2.29. The molecule has 2 heterocycles. The van der Waals surface area contributed by atoms with Crippen molar-refractivity contribution in [3.8, 4) is 5.75 Å². The molecule has 0 saturated carbocycles. The highest BCUT2D eigenvalue weighted by Gasteiger charge is 2.25. The summed E-state index contributed by atoms with van der Waals surface area (Å²) in [6.45, 7) is 4.33. The minimum Gasteiger partial charge on any atom is -0.493 e. The average Bonchev–Trinajstić information content (AvgIpc) is 3.19. The topological polar surface area (TPSA) is 108 Å². The molecule has 0 aliphatic carbocycles. The Morgan fingerprint density at radius 1 is 1.30 bits per heavy atom. The summed E-state index contributed by atoms with van der Waals surface area (Å²) in [5.41, 5.74) is 1.42. The molecule has 0 radical (unpaired) electrons. The molecule has 160 valence electrons. The van der Waals surface area contributed by atoms with Crippen molar-refractivity contribution < 1.29 is 19.4 Å². The second-order valence-corrected chi connectivity index (χ2v) is 7.39. The van der Waals surface area contributed by atoms with Crippen LogP contribution in [0.1, 0.15) is 29.8 Å². The van der Waals surface area contributed by atoms with Gasteiger partial charge < -0.3 is 20.1 Å². The second-order valence-electron chi connectivity index (χ2n) is 7.39. The van der Waals surface area contributed by atoms with Gasteiger partial charge in [-0.1, -0.05) is 0 Å². The van der Waals surface area contributed by atoms with Crippen molar-refractivity contribution in [1.82, 2.24) is 14.9 Å². The van der Waals surface area contributed by atoms with Crippen LogP contribution in [0.5, 0.6) is 5.75 Å². The number of amides is 2. The van der Waals surface area contributed by atoms with Crippen molar-refractivity contribution in [1.29, 1.82) is 0 Å². The third kappa shape index (κ3) is 5.04. The third-order valence-corrected chi connectivity index (χ3v) is 4.67. The first-order chi connectivity index (χ1) is 14.4. The number of aliphatic hydroxyl groups excluding tert-OH is 1. The van der Waals surface area contributed by atoms with Crippen LogP contribution in [0.25, 0.3) is 0 Å². The normalized spacial score (nSPS) is 12.3. The van der Waals surface area contributed by atoms with Crippen LogP contribution in [-0.2, 0) is 11.2 Å². The molecule has 2 amide bonds. The van der Waals surface area contributed by atoms with Crippen LogP contribution < -0.4 is 15.0 Å². The lowest BCUT2D eigenvalue weighted by Crippen LogP contribution is -2.43. The zero-order valence-corrected chi connectivity index (χ0v) is 17.5. The van der Waals surface area contributed by atoms with Crippen LogP contribution in [0.2, 0.25) is 0 Å². The molecule has 2 N–H and O–H groups in total. The lowest BCUT2D eigenvalue weighted by atomic mass is 10.1. The first-order valence-corrected chi connectivity index (χ1v) is 9.91. The van der Waals surface area contributed by atoms with Crippen molar-refractivity contribution in [3.63, 3.8) is 0 Å². The van der Waals surface area contributed by atoms with Gasteiger partial charge >= 0.3 is 0 Å². The summed E-state index contributed by atoms with van der Waals surface area (Å²) in [5.74, 6) is 0.824. The van der Waals surface area contributed by atoms with Crippen molar-refractivity contribution in [2.75, 3.05) is 43.6 Å². The number of fused-ring (bicyclic) bond motifs is 1. The van der Waals surface area contributed by atoms with Gasteiger partial charge in [-0.15, -0.1) is 0 Å². The van der Waals surface area contributed by atoms with E-state index in [1.54, 1.807) is 37.5 Å². The predicted octanol–water partition coefficient (Wildman–Crippen LogP) is 1.33. The summed E-state index contributed by atoms with van der Waals surface area (Å²) < 4.78 is 5.52. The fraction of sp³-hybridized carbons (Fsp3) is 0.429. The Bertz CT molecular complexity index is 918. The van der Waals surface area contributed by atoms with Crippen LogP contribution in [-0.4, -0.2) is 71.2 Å². The number of hydrogen-bond acceptors (Lipinski definition) is 7. The van der Waals surface area contributed by atoms with E-state index < -0.39 is 0 Å². The maximum atomic E-state index is 13.4. The van der Waals surface area contributed by atoms with Gasteiger partial charge in [0, 0.05) is 37.8 Å². The van der Waals surface area contributed by atoms with E-state index in [0.717, 1.165) is 17.7 Å². The van der Waals surface area contributed by atoms with Crippen LogP contribution in [0.3, 0.4) is 0 Å². The van der Waals surface area contributed by atoms with E-state index in [4.69, 9.17) is 9.84 Å². The van der Waals surface area contributed by atoms with Gasteiger partial charge in [0.2, 0.25) is 11.9 Å². The number of nitrogens with zero attached hydrogens (tertiary/aromatic N) is 4. The van der Waals surface area contributed by atoms with Gasteiger partial charge in [-0.2, -0.15) is 4.98 Å². The number of rotatable bonds is 8. The lowest BCUT2D eigenvalue weighted by molar-refractivity contribution is -0.128. The van der Waals surface area contributed by atoms with Crippen LogP contribution in [0.15, 0.2) is 30.5 Å². The van der Waals surface area contributed by atoms with Gasteiger partial charge in [0.1, 0.15) is 18.1 Å². The van der Waals surface area contributed by atoms with Gasteiger partial charge in [-0.05, 0) is 43.7 Å². The fourth-order valence-electron chi connectivity index (χ4n) is 3.09. The summed E-state index contributed by atoms with van der Waals surface area (Å²) in [4.78, 5) is 37.3. The molecule has 0 saturated heterocycles. The molecule has 1 aromatic heterocycles. The first kappa shape index (κ1) is 21.5. The highest BCUT2D eigenvalue weighted by Crippen LogP contribution is 2.27. The molecular formula is C21H27N5O4. The Morgan fingerprint density at radius 3 is 2.83 bits per heavy atom. The monoisotopic (exact) mass is 413 g/mol. The van der Waals surface area contributed by atoms with Crippen molar-refractivity contribution >= 4 is 23.6 Å². The van der Waals surface area contributed by atoms with E-state index in [9.17, 15) is 9.59 Å². The first-order valence-electron chi connectivity index (χ1n) is 9.91. The van der Waals surface area contributed by atoms with E-state index in [0.29, 0.717) is 23.9 Å². The Morgan fingerprint density at radius 2 is 2.10 bits per heavy atom. The molecular weight excluding hydrogens is 386 g/mol. The number of ether oxygens (including phenoxy) is 1. The number of carbonyl (C=O) groups is 2. The number of carbonyl (C=O) groups excluding carboxylic acids is 2. The van der Waals surface area contributed by atoms with Crippen molar-refractivity contribution in [2.45, 2.75) is 26.3 Å². The molecule has 3 rings (SSSR count). The molecule has 2 aromatic rings. The number of likely N-dealkylation sites (N-methyl/N-ethyl adjacent to an activating group) is 1. The van der Waals surface area contributed by atoms with Gasteiger partial charge in [0.15, 0.2) is 0 Å². The third-order valence-electron chi connectivity index (χ3n) is 4.67. The molecule has 0 unspecified atom stereocenters. The zero-order valence-electron chi connectivity index (χ0n) is 17.5. The number of aromatic nitrogens is 2. The molecule has 0 bridgehead atoms. The van der Waals surface area contributed by atoms with E-state index in [2.05, 4.69) is 15.3 Å². The highest BCUT2D eigenvalue weighted by molar-refractivity contribution is 6.08. The number of hydrogen-bond donors (Lipinski definition) is 2. The van der Waals surface area contributed by atoms with Crippen molar-refractivity contribution in [3.05, 3.63) is 41.6 Å². The van der Waals surface area contributed by atoms with Gasteiger partial charge in [-0.25, -0.2) is 4.98 Å². The molecule has 9 nitrogen and oxygen atoms in total.